The first kappa shape index (κ1) is 12.8. The summed E-state index contributed by atoms with van der Waals surface area (Å²) in [6.07, 6.45) is 6.07. The number of nitrogens with zero attached hydrogens (tertiary/aromatic N) is 4. The van der Waals surface area contributed by atoms with Crippen molar-refractivity contribution < 1.29 is 14.3 Å². The lowest BCUT2D eigenvalue weighted by Gasteiger charge is -1.99. The normalized spacial score (nSPS) is 10.2. The molecule has 0 saturated heterocycles. The molecule has 2 aromatic heterocycles. The molecule has 19 heavy (non-hydrogen) atoms. The van der Waals surface area contributed by atoms with Crippen LogP contribution in [0.1, 0.15) is 10.4 Å². The van der Waals surface area contributed by atoms with Gasteiger partial charge in [-0.25, -0.2) is 0 Å². The lowest BCUT2D eigenvalue weighted by Crippen LogP contribution is -2.12. The van der Waals surface area contributed by atoms with Crippen molar-refractivity contribution in [1.82, 2.24) is 19.6 Å². The van der Waals surface area contributed by atoms with E-state index >= 15 is 0 Å². The first-order chi connectivity index (χ1) is 9.08. The molecule has 0 aliphatic carbocycles. The van der Waals surface area contributed by atoms with E-state index in [2.05, 4.69) is 20.3 Å². The summed E-state index contributed by atoms with van der Waals surface area (Å²) in [6.45, 7) is -0.000731. The fourth-order valence-electron chi connectivity index (χ4n) is 1.45. The van der Waals surface area contributed by atoms with Crippen LogP contribution in [0.3, 0.4) is 0 Å². The van der Waals surface area contributed by atoms with E-state index < -0.39 is 5.97 Å². The van der Waals surface area contributed by atoms with Crippen LogP contribution in [0.15, 0.2) is 24.8 Å². The first-order valence-corrected chi connectivity index (χ1v) is 5.48. The number of ether oxygens (including phenoxy) is 1. The molecule has 0 bridgehead atoms. The van der Waals surface area contributed by atoms with E-state index in [9.17, 15) is 9.59 Å². The third kappa shape index (κ3) is 3.18. The van der Waals surface area contributed by atoms with E-state index in [0.717, 1.165) is 0 Å². The predicted octanol–water partition coefficient (Wildman–Crippen LogP) is 0.0419. The van der Waals surface area contributed by atoms with Crippen molar-refractivity contribution in [2.75, 3.05) is 12.4 Å². The molecule has 1 N–H and O–H groups in total. The zero-order valence-electron chi connectivity index (χ0n) is 10.5. The summed E-state index contributed by atoms with van der Waals surface area (Å²) in [4.78, 5) is 22.9. The highest BCUT2D eigenvalue weighted by molar-refractivity contribution is 6.03. The van der Waals surface area contributed by atoms with Crippen molar-refractivity contribution in [3.8, 4) is 0 Å². The summed E-state index contributed by atoms with van der Waals surface area (Å²) in [5.41, 5.74) is 0.945. The van der Waals surface area contributed by atoms with Crippen LogP contribution in [0.4, 0.5) is 5.69 Å². The van der Waals surface area contributed by atoms with Crippen LogP contribution in [0.25, 0.3) is 0 Å². The maximum Gasteiger partial charge on any atom is 0.327 e. The van der Waals surface area contributed by atoms with E-state index in [1.165, 1.54) is 28.9 Å². The lowest BCUT2D eigenvalue weighted by molar-refractivity contribution is -0.141. The number of carbonyl (C=O) groups excluding carboxylic acids is 2. The van der Waals surface area contributed by atoms with Crippen molar-refractivity contribution in [3.63, 3.8) is 0 Å². The average molecular weight is 263 g/mol. The topological polar surface area (TPSA) is 91.0 Å². The summed E-state index contributed by atoms with van der Waals surface area (Å²) < 4.78 is 7.44. The van der Waals surface area contributed by atoms with Crippen LogP contribution in [-0.4, -0.2) is 38.5 Å². The molecule has 0 unspecified atom stereocenters. The Kier molecular flexibility index (Phi) is 3.60. The number of hydrogen-bond acceptors (Lipinski definition) is 5. The maximum atomic E-state index is 11.8. The molecular weight excluding hydrogens is 250 g/mol. The van der Waals surface area contributed by atoms with Gasteiger partial charge in [-0.15, -0.1) is 0 Å². The second-order valence-corrected chi connectivity index (χ2v) is 3.86. The molecule has 2 heterocycles. The molecule has 0 saturated carbocycles. The monoisotopic (exact) mass is 263 g/mol. The maximum absolute atomic E-state index is 11.8. The Hall–Kier alpha value is -2.64. The Balaban J connectivity index is 2.00. The molecular formula is C11H13N5O3. The van der Waals surface area contributed by atoms with Crippen LogP contribution < -0.4 is 5.32 Å². The molecule has 0 spiro atoms. The molecule has 0 fully saturated rings. The highest BCUT2D eigenvalue weighted by atomic mass is 16.5. The summed E-state index contributed by atoms with van der Waals surface area (Å²) in [6, 6.07) is 0. The second-order valence-electron chi connectivity index (χ2n) is 3.86. The van der Waals surface area contributed by atoms with Crippen molar-refractivity contribution in [1.29, 1.82) is 0 Å². The lowest BCUT2D eigenvalue weighted by atomic mass is 10.3. The van der Waals surface area contributed by atoms with Gasteiger partial charge in [0.25, 0.3) is 5.91 Å². The smallest absolute Gasteiger partial charge is 0.327 e. The van der Waals surface area contributed by atoms with Gasteiger partial charge in [-0.05, 0) is 0 Å². The van der Waals surface area contributed by atoms with Crippen molar-refractivity contribution in [2.24, 2.45) is 7.05 Å². The van der Waals surface area contributed by atoms with Crippen LogP contribution in [-0.2, 0) is 23.1 Å². The Morgan fingerprint density at radius 1 is 1.32 bits per heavy atom. The fraction of sp³-hybridized carbons (Fsp3) is 0.273. The standard InChI is InChI=1S/C11H13N5O3/c1-15-5-8(3-12-15)11(18)14-9-4-13-16(6-9)7-10(17)19-2/h3-6H,7H2,1-2H3,(H,14,18). The van der Waals surface area contributed by atoms with E-state index in [1.54, 1.807) is 19.4 Å². The Bertz CT molecular complexity index is 601. The molecule has 2 rings (SSSR count). The minimum Gasteiger partial charge on any atom is -0.468 e. The second kappa shape index (κ2) is 5.34. The Labute approximate surface area is 109 Å². The largest absolute Gasteiger partial charge is 0.468 e. The minimum atomic E-state index is -0.409. The van der Waals surface area contributed by atoms with E-state index in [0.29, 0.717) is 11.3 Å². The molecule has 0 radical (unpaired) electrons. The number of aryl methyl sites for hydroxylation is 1. The third-order valence-electron chi connectivity index (χ3n) is 2.38. The number of hydrogen-bond donors (Lipinski definition) is 1. The number of amides is 1. The quantitative estimate of drug-likeness (QED) is 0.786. The number of esters is 1. The Morgan fingerprint density at radius 3 is 2.74 bits per heavy atom. The SMILES string of the molecule is COC(=O)Cn1cc(NC(=O)c2cnn(C)c2)cn1. The molecule has 8 heteroatoms. The van der Waals surface area contributed by atoms with E-state index in [-0.39, 0.29) is 12.5 Å². The van der Waals surface area contributed by atoms with Gasteiger partial charge in [-0.2, -0.15) is 10.2 Å². The number of nitrogens with one attached hydrogen (secondary N) is 1. The van der Waals surface area contributed by atoms with E-state index in [1.807, 2.05) is 0 Å². The summed E-state index contributed by atoms with van der Waals surface area (Å²) in [5, 5.41) is 10.5. The van der Waals surface area contributed by atoms with Crippen LogP contribution in [0, 0.1) is 0 Å². The zero-order valence-corrected chi connectivity index (χ0v) is 10.5. The average Bonchev–Trinajstić information content (AvgIpc) is 2.98. The number of aromatic nitrogens is 4. The van der Waals surface area contributed by atoms with Gasteiger partial charge in [0.15, 0.2) is 0 Å². The number of anilines is 1. The number of rotatable bonds is 4. The highest BCUT2D eigenvalue weighted by Crippen LogP contribution is 2.07. The summed E-state index contributed by atoms with van der Waals surface area (Å²) >= 11 is 0. The van der Waals surface area contributed by atoms with Crippen molar-refractivity contribution >= 4 is 17.6 Å². The van der Waals surface area contributed by atoms with Gasteiger partial charge in [-0.3, -0.25) is 19.0 Å². The molecule has 0 aromatic carbocycles. The summed E-state index contributed by atoms with van der Waals surface area (Å²) in [5.74, 6) is -0.695. The van der Waals surface area contributed by atoms with Crippen LogP contribution in [0.5, 0.6) is 0 Å². The molecule has 0 atom stereocenters. The van der Waals surface area contributed by atoms with Gasteiger partial charge in [0.2, 0.25) is 0 Å². The Morgan fingerprint density at radius 2 is 2.11 bits per heavy atom. The molecule has 100 valence electrons. The highest BCUT2D eigenvalue weighted by Gasteiger charge is 2.10. The fourth-order valence-corrected chi connectivity index (χ4v) is 1.45. The summed E-state index contributed by atoms with van der Waals surface area (Å²) in [7, 11) is 3.03. The molecule has 1 amide bonds. The van der Waals surface area contributed by atoms with Gasteiger partial charge < -0.3 is 10.1 Å². The first-order valence-electron chi connectivity index (χ1n) is 5.48. The number of methoxy groups -OCH3 is 1. The van der Waals surface area contributed by atoms with Gasteiger partial charge in [0.1, 0.15) is 6.54 Å². The van der Waals surface area contributed by atoms with E-state index in [4.69, 9.17) is 0 Å². The molecule has 8 nitrogen and oxygen atoms in total. The minimum absolute atomic E-state index is 0.000731. The van der Waals surface area contributed by atoms with Crippen LogP contribution in [0.2, 0.25) is 0 Å². The zero-order chi connectivity index (χ0) is 13.8. The molecule has 0 aliphatic rings. The molecule has 2 aromatic rings. The van der Waals surface area contributed by atoms with Gasteiger partial charge in [0, 0.05) is 19.4 Å². The van der Waals surface area contributed by atoms with Gasteiger partial charge in [-0.1, -0.05) is 0 Å². The van der Waals surface area contributed by atoms with Crippen molar-refractivity contribution in [2.45, 2.75) is 6.54 Å². The van der Waals surface area contributed by atoms with Gasteiger partial charge in [0.05, 0.1) is 30.8 Å². The number of carbonyl (C=O) groups is 2. The van der Waals surface area contributed by atoms with Crippen molar-refractivity contribution in [3.05, 3.63) is 30.4 Å². The van der Waals surface area contributed by atoms with Gasteiger partial charge >= 0.3 is 5.97 Å². The van der Waals surface area contributed by atoms with Crippen LogP contribution >= 0.6 is 0 Å². The third-order valence-corrected chi connectivity index (χ3v) is 2.38. The molecule has 0 aliphatic heterocycles. The predicted molar refractivity (Wildman–Crippen MR) is 65.4 cm³/mol.